The number of hydrogen-bond acceptors (Lipinski definition) is 1. The summed E-state index contributed by atoms with van der Waals surface area (Å²) in [6.45, 7) is 2.49. The minimum Gasteiger partial charge on any atom is -0.489 e. The fourth-order valence-corrected chi connectivity index (χ4v) is 1.96. The Balaban J connectivity index is 2.05. The van der Waals surface area contributed by atoms with Crippen molar-refractivity contribution in [2.75, 3.05) is 0 Å². The van der Waals surface area contributed by atoms with E-state index in [1.807, 2.05) is 37.3 Å². The maximum Gasteiger partial charge on any atom is 0.127 e. The van der Waals surface area contributed by atoms with Crippen LogP contribution in [0.25, 0.3) is 0 Å². The van der Waals surface area contributed by atoms with Crippen molar-refractivity contribution < 1.29 is 9.13 Å². The second-order valence-electron chi connectivity index (χ2n) is 4.20. The van der Waals surface area contributed by atoms with Crippen molar-refractivity contribution in [2.24, 2.45) is 0 Å². The Morgan fingerprint density at radius 1 is 1.06 bits per heavy atom. The first-order valence-electron chi connectivity index (χ1n) is 5.71. The maximum atomic E-state index is 13.3. The highest BCUT2D eigenvalue weighted by molar-refractivity contribution is 9.08. The van der Waals surface area contributed by atoms with E-state index in [4.69, 9.17) is 4.74 Å². The average molecular weight is 309 g/mol. The highest BCUT2D eigenvalue weighted by Crippen LogP contribution is 2.19. The third kappa shape index (κ3) is 3.57. The second kappa shape index (κ2) is 6.01. The standard InChI is InChI=1S/C15H14BrFO/c1-11-2-4-12(5-3-11)10-18-15-7-13(9-16)6-14(17)8-15/h2-8H,9-10H2,1H3. The lowest BCUT2D eigenvalue weighted by Gasteiger charge is -2.08. The van der Waals surface area contributed by atoms with Gasteiger partial charge in [-0.2, -0.15) is 0 Å². The first-order valence-corrected chi connectivity index (χ1v) is 6.83. The van der Waals surface area contributed by atoms with Gasteiger partial charge in [-0.15, -0.1) is 0 Å². The van der Waals surface area contributed by atoms with Crippen molar-refractivity contribution in [2.45, 2.75) is 18.9 Å². The van der Waals surface area contributed by atoms with E-state index >= 15 is 0 Å². The predicted molar refractivity (Wildman–Crippen MR) is 74.5 cm³/mol. The van der Waals surface area contributed by atoms with Crippen molar-refractivity contribution in [3.05, 3.63) is 65.0 Å². The van der Waals surface area contributed by atoms with Gasteiger partial charge in [-0.25, -0.2) is 4.39 Å². The third-order valence-electron chi connectivity index (χ3n) is 2.61. The van der Waals surface area contributed by atoms with E-state index in [1.165, 1.54) is 17.7 Å². The largest absolute Gasteiger partial charge is 0.489 e. The lowest BCUT2D eigenvalue weighted by atomic mass is 10.2. The van der Waals surface area contributed by atoms with Gasteiger partial charge in [-0.3, -0.25) is 0 Å². The zero-order valence-corrected chi connectivity index (χ0v) is 11.7. The number of ether oxygens (including phenoxy) is 1. The van der Waals surface area contributed by atoms with E-state index in [0.29, 0.717) is 17.7 Å². The number of aryl methyl sites for hydroxylation is 1. The molecular weight excluding hydrogens is 295 g/mol. The van der Waals surface area contributed by atoms with Gasteiger partial charge in [-0.05, 0) is 30.2 Å². The van der Waals surface area contributed by atoms with Crippen LogP contribution in [0.5, 0.6) is 5.75 Å². The Morgan fingerprint density at radius 2 is 1.78 bits per heavy atom. The molecule has 0 saturated carbocycles. The van der Waals surface area contributed by atoms with Crippen molar-refractivity contribution in [3.63, 3.8) is 0 Å². The summed E-state index contributed by atoms with van der Waals surface area (Å²) in [7, 11) is 0. The molecule has 0 amide bonds. The number of benzene rings is 2. The molecule has 0 unspecified atom stereocenters. The van der Waals surface area contributed by atoms with Crippen LogP contribution in [0, 0.1) is 12.7 Å². The Morgan fingerprint density at radius 3 is 2.44 bits per heavy atom. The highest BCUT2D eigenvalue weighted by atomic mass is 79.9. The SMILES string of the molecule is Cc1ccc(COc2cc(F)cc(CBr)c2)cc1. The molecular formula is C15H14BrFO. The van der Waals surface area contributed by atoms with Crippen LogP contribution in [-0.2, 0) is 11.9 Å². The Labute approximate surface area is 115 Å². The predicted octanol–water partition coefficient (Wildman–Crippen LogP) is 4.61. The number of halogens is 2. The summed E-state index contributed by atoms with van der Waals surface area (Å²) in [4.78, 5) is 0. The summed E-state index contributed by atoms with van der Waals surface area (Å²) in [6.07, 6.45) is 0. The summed E-state index contributed by atoms with van der Waals surface area (Å²) in [5.74, 6) is 0.288. The highest BCUT2D eigenvalue weighted by Gasteiger charge is 2.01. The Kier molecular flexibility index (Phi) is 4.37. The minimum absolute atomic E-state index is 0.272. The van der Waals surface area contributed by atoms with Gasteiger partial charge in [0.1, 0.15) is 18.2 Å². The summed E-state index contributed by atoms with van der Waals surface area (Å²) in [5, 5.41) is 0.617. The van der Waals surface area contributed by atoms with Crippen molar-refractivity contribution in [1.82, 2.24) is 0 Å². The van der Waals surface area contributed by atoms with Crippen LogP contribution in [0.15, 0.2) is 42.5 Å². The van der Waals surface area contributed by atoms with Crippen molar-refractivity contribution in [1.29, 1.82) is 0 Å². The van der Waals surface area contributed by atoms with Crippen molar-refractivity contribution in [3.8, 4) is 5.75 Å². The molecule has 0 spiro atoms. The van der Waals surface area contributed by atoms with Crippen LogP contribution < -0.4 is 4.74 Å². The van der Waals surface area contributed by atoms with E-state index in [1.54, 1.807) is 0 Å². The zero-order valence-electron chi connectivity index (χ0n) is 10.1. The molecule has 0 saturated heterocycles. The van der Waals surface area contributed by atoms with Crippen LogP contribution in [-0.4, -0.2) is 0 Å². The maximum absolute atomic E-state index is 13.3. The summed E-state index contributed by atoms with van der Waals surface area (Å²) in [6, 6.07) is 12.8. The molecule has 0 atom stereocenters. The minimum atomic E-state index is -0.272. The molecule has 0 aliphatic heterocycles. The molecule has 2 aromatic rings. The first kappa shape index (κ1) is 13.1. The molecule has 0 N–H and O–H groups in total. The number of hydrogen-bond donors (Lipinski definition) is 0. The molecule has 94 valence electrons. The smallest absolute Gasteiger partial charge is 0.127 e. The fraction of sp³-hybridized carbons (Fsp3) is 0.200. The summed E-state index contributed by atoms with van der Waals surface area (Å²) < 4.78 is 18.9. The lowest BCUT2D eigenvalue weighted by molar-refractivity contribution is 0.304. The van der Waals surface area contributed by atoms with E-state index in [0.717, 1.165) is 11.1 Å². The van der Waals surface area contributed by atoms with Gasteiger partial charge in [0.25, 0.3) is 0 Å². The van der Waals surface area contributed by atoms with Gasteiger partial charge in [-0.1, -0.05) is 45.8 Å². The molecule has 18 heavy (non-hydrogen) atoms. The van der Waals surface area contributed by atoms with Crippen LogP contribution in [0.4, 0.5) is 4.39 Å². The summed E-state index contributed by atoms with van der Waals surface area (Å²) >= 11 is 3.31. The molecule has 2 aromatic carbocycles. The topological polar surface area (TPSA) is 9.23 Å². The number of alkyl halides is 1. The lowest BCUT2D eigenvalue weighted by Crippen LogP contribution is -1.96. The van der Waals surface area contributed by atoms with E-state index in [2.05, 4.69) is 15.9 Å². The molecule has 1 nitrogen and oxygen atoms in total. The Bertz CT molecular complexity index is 523. The van der Waals surface area contributed by atoms with Gasteiger partial charge < -0.3 is 4.74 Å². The Hall–Kier alpha value is -1.35. The third-order valence-corrected chi connectivity index (χ3v) is 3.26. The van der Waals surface area contributed by atoms with Crippen LogP contribution in [0.2, 0.25) is 0 Å². The van der Waals surface area contributed by atoms with E-state index < -0.39 is 0 Å². The van der Waals surface area contributed by atoms with Crippen LogP contribution >= 0.6 is 15.9 Å². The normalized spacial score (nSPS) is 10.4. The molecule has 0 aliphatic carbocycles. The monoisotopic (exact) mass is 308 g/mol. The summed E-state index contributed by atoms with van der Waals surface area (Å²) in [5.41, 5.74) is 3.16. The van der Waals surface area contributed by atoms with Crippen molar-refractivity contribution >= 4 is 15.9 Å². The quantitative estimate of drug-likeness (QED) is 0.750. The first-order chi connectivity index (χ1) is 8.67. The molecule has 2 rings (SSSR count). The van der Waals surface area contributed by atoms with Crippen LogP contribution in [0.1, 0.15) is 16.7 Å². The molecule has 3 heteroatoms. The molecule has 0 heterocycles. The number of rotatable bonds is 4. The molecule has 0 aliphatic rings. The zero-order chi connectivity index (χ0) is 13.0. The van der Waals surface area contributed by atoms with Gasteiger partial charge in [0.15, 0.2) is 0 Å². The molecule has 0 bridgehead atoms. The van der Waals surface area contributed by atoms with Gasteiger partial charge in [0, 0.05) is 11.4 Å². The molecule has 0 radical (unpaired) electrons. The average Bonchev–Trinajstić information content (AvgIpc) is 2.37. The second-order valence-corrected chi connectivity index (χ2v) is 4.76. The van der Waals surface area contributed by atoms with E-state index in [-0.39, 0.29) is 5.82 Å². The van der Waals surface area contributed by atoms with E-state index in [9.17, 15) is 4.39 Å². The van der Waals surface area contributed by atoms with Crippen LogP contribution in [0.3, 0.4) is 0 Å². The fourth-order valence-electron chi connectivity index (χ4n) is 1.63. The van der Waals surface area contributed by atoms with Gasteiger partial charge in [0.2, 0.25) is 0 Å². The van der Waals surface area contributed by atoms with Gasteiger partial charge in [0.05, 0.1) is 0 Å². The van der Waals surface area contributed by atoms with Gasteiger partial charge >= 0.3 is 0 Å². The molecule has 0 aromatic heterocycles. The molecule has 0 fully saturated rings.